The number of benzene rings is 3. The number of nitrogens with one attached hydrogen (secondary N) is 1. The van der Waals surface area contributed by atoms with E-state index < -0.39 is 0 Å². The highest BCUT2D eigenvalue weighted by atomic mass is 32.2. The lowest BCUT2D eigenvalue weighted by Gasteiger charge is -2.07. The standard InChI is InChI=1S/C24H20N2O2S/c1-17-7-9-19(10-8-17)16-28-21-13-11-18(12-14-21)15-22-23(27)26-24(29-22)25-20-5-3-2-4-6-20/h2-15H,16H2,1H3,(H,25,26,27)/b22-15+. The van der Waals surface area contributed by atoms with Crippen molar-refractivity contribution in [1.29, 1.82) is 0 Å². The summed E-state index contributed by atoms with van der Waals surface area (Å²) >= 11 is 1.34. The van der Waals surface area contributed by atoms with Crippen LogP contribution in [-0.4, -0.2) is 11.1 Å². The smallest absolute Gasteiger partial charge is 0.264 e. The highest BCUT2D eigenvalue weighted by Crippen LogP contribution is 2.28. The van der Waals surface area contributed by atoms with Crippen molar-refractivity contribution in [2.45, 2.75) is 13.5 Å². The third-order valence-corrected chi connectivity index (χ3v) is 5.25. The van der Waals surface area contributed by atoms with E-state index in [2.05, 4.69) is 41.5 Å². The van der Waals surface area contributed by atoms with Crippen LogP contribution in [0.15, 0.2) is 88.8 Å². The minimum atomic E-state index is -0.135. The van der Waals surface area contributed by atoms with Gasteiger partial charge in [-0.25, -0.2) is 4.99 Å². The van der Waals surface area contributed by atoms with Crippen molar-refractivity contribution in [3.8, 4) is 5.75 Å². The van der Waals surface area contributed by atoms with Crippen molar-refractivity contribution in [3.05, 3.63) is 100 Å². The molecule has 0 aromatic heterocycles. The molecule has 3 aromatic carbocycles. The highest BCUT2D eigenvalue weighted by Gasteiger charge is 2.23. The monoisotopic (exact) mass is 400 g/mol. The van der Waals surface area contributed by atoms with Crippen LogP contribution >= 0.6 is 11.8 Å². The van der Waals surface area contributed by atoms with E-state index in [1.165, 1.54) is 17.3 Å². The van der Waals surface area contributed by atoms with Crippen LogP contribution in [-0.2, 0) is 11.4 Å². The summed E-state index contributed by atoms with van der Waals surface area (Å²) in [5.41, 5.74) is 4.11. The number of ether oxygens (including phenoxy) is 1. The zero-order valence-electron chi connectivity index (χ0n) is 16.0. The summed E-state index contributed by atoms with van der Waals surface area (Å²) in [7, 11) is 0. The summed E-state index contributed by atoms with van der Waals surface area (Å²) in [5.74, 6) is 0.659. The number of rotatable bonds is 5. The van der Waals surface area contributed by atoms with Crippen molar-refractivity contribution in [1.82, 2.24) is 5.32 Å². The molecule has 5 heteroatoms. The van der Waals surface area contributed by atoms with Gasteiger partial charge < -0.3 is 10.1 Å². The van der Waals surface area contributed by atoms with Gasteiger partial charge in [0.2, 0.25) is 0 Å². The molecule has 1 saturated heterocycles. The molecule has 1 fully saturated rings. The fourth-order valence-electron chi connectivity index (χ4n) is 2.76. The molecule has 0 radical (unpaired) electrons. The van der Waals surface area contributed by atoms with E-state index in [0.29, 0.717) is 16.7 Å². The third kappa shape index (κ3) is 5.15. The Balaban J connectivity index is 1.40. The summed E-state index contributed by atoms with van der Waals surface area (Å²) in [4.78, 5) is 17.3. The number of thioether (sulfide) groups is 1. The zero-order chi connectivity index (χ0) is 20.1. The molecular formula is C24H20N2O2S. The van der Waals surface area contributed by atoms with Crippen molar-refractivity contribution in [2.24, 2.45) is 4.99 Å². The second-order valence-corrected chi connectivity index (χ2v) is 7.69. The zero-order valence-corrected chi connectivity index (χ0v) is 16.8. The highest BCUT2D eigenvalue weighted by molar-refractivity contribution is 8.18. The summed E-state index contributed by atoms with van der Waals surface area (Å²) in [6, 6.07) is 25.6. The maximum absolute atomic E-state index is 12.2. The van der Waals surface area contributed by atoms with E-state index >= 15 is 0 Å². The molecule has 144 valence electrons. The van der Waals surface area contributed by atoms with E-state index in [1.807, 2.05) is 60.7 Å². The van der Waals surface area contributed by atoms with E-state index in [4.69, 9.17) is 4.74 Å². The van der Waals surface area contributed by atoms with Gasteiger partial charge in [-0.05, 0) is 60.2 Å². The lowest BCUT2D eigenvalue weighted by atomic mass is 10.1. The van der Waals surface area contributed by atoms with Gasteiger partial charge in [-0.2, -0.15) is 0 Å². The third-order valence-electron chi connectivity index (χ3n) is 4.34. The molecule has 1 heterocycles. The van der Waals surface area contributed by atoms with E-state index in [0.717, 1.165) is 22.6 Å². The Morgan fingerprint density at radius 2 is 1.69 bits per heavy atom. The summed E-state index contributed by atoms with van der Waals surface area (Å²) in [6.45, 7) is 2.59. The molecule has 0 aliphatic carbocycles. The van der Waals surface area contributed by atoms with E-state index in [9.17, 15) is 4.79 Å². The molecule has 0 saturated carbocycles. The topological polar surface area (TPSA) is 50.7 Å². The fourth-order valence-corrected chi connectivity index (χ4v) is 3.60. The van der Waals surface area contributed by atoms with Crippen LogP contribution in [0, 0.1) is 6.92 Å². The number of carbonyl (C=O) groups excluding carboxylic acids is 1. The lowest BCUT2D eigenvalue weighted by Crippen LogP contribution is -2.19. The number of nitrogens with zero attached hydrogens (tertiary/aromatic N) is 1. The van der Waals surface area contributed by atoms with Gasteiger partial charge in [0, 0.05) is 0 Å². The second kappa shape index (κ2) is 8.80. The number of amides is 1. The quantitative estimate of drug-likeness (QED) is 0.578. The first-order valence-corrected chi connectivity index (χ1v) is 10.1. The number of hydrogen-bond acceptors (Lipinski definition) is 4. The fraction of sp³-hybridized carbons (Fsp3) is 0.0833. The Kier molecular flexibility index (Phi) is 5.77. The van der Waals surface area contributed by atoms with Crippen LogP contribution in [0.25, 0.3) is 6.08 Å². The van der Waals surface area contributed by atoms with Crippen molar-refractivity contribution >= 4 is 34.6 Å². The van der Waals surface area contributed by atoms with Gasteiger partial charge in [0.25, 0.3) is 5.91 Å². The van der Waals surface area contributed by atoms with E-state index in [-0.39, 0.29) is 5.91 Å². The van der Waals surface area contributed by atoms with Gasteiger partial charge in [0.1, 0.15) is 12.4 Å². The first-order chi connectivity index (χ1) is 14.2. The van der Waals surface area contributed by atoms with Crippen LogP contribution in [0.1, 0.15) is 16.7 Å². The molecule has 0 unspecified atom stereocenters. The minimum Gasteiger partial charge on any atom is -0.489 e. The molecule has 4 rings (SSSR count). The Labute approximate surface area is 174 Å². The minimum absolute atomic E-state index is 0.135. The Hall–Kier alpha value is -3.31. The number of hydrogen-bond donors (Lipinski definition) is 1. The van der Waals surface area contributed by atoms with Gasteiger partial charge in [0.15, 0.2) is 5.17 Å². The van der Waals surface area contributed by atoms with Crippen LogP contribution in [0.4, 0.5) is 5.69 Å². The number of aliphatic imine (C=N–C) groups is 1. The van der Waals surface area contributed by atoms with Gasteiger partial charge in [-0.3, -0.25) is 4.79 Å². The molecule has 4 nitrogen and oxygen atoms in total. The molecule has 0 bridgehead atoms. The van der Waals surface area contributed by atoms with Crippen molar-refractivity contribution < 1.29 is 9.53 Å². The second-order valence-electron chi connectivity index (χ2n) is 6.66. The molecule has 29 heavy (non-hydrogen) atoms. The van der Waals surface area contributed by atoms with Gasteiger partial charge >= 0.3 is 0 Å². The van der Waals surface area contributed by atoms with Crippen LogP contribution in [0.2, 0.25) is 0 Å². The van der Waals surface area contributed by atoms with Crippen LogP contribution < -0.4 is 10.1 Å². The van der Waals surface area contributed by atoms with Gasteiger partial charge in [-0.1, -0.05) is 60.2 Å². The Bertz CT molecular complexity index is 1060. The van der Waals surface area contributed by atoms with Gasteiger partial charge in [-0.15, -0.1) is 0 Å². The first kappa shape index (κ1) is 19.0. The van der Waals surface area contributed by atoms with Crippen LogP contribution in [0.5, 0.6) is 5.75 Å². The predicted octanol–water partition coefficient (Wildman–Crippen LogP) is 5.47. The van der Waals surface area contributed by atoms with Crippen molar-refractivity contribution in [2.75, 3.05) is 0 Å². The molecule has 1 amide bonds. The largest absolute Gasteiger partial charge is 0.489 e. The number of para-hydroxylation sites is 1. The summed E-state index contributed by atoms with van der Waals surface area (Å²) < 4.78 is 5.84. The molecule has 1 aliphatic heterocycles. The number of aryl methyl sites for hydroxylation is 1. The molecule has 1 N–H and O–H groups in total. The Morgan fingerprint density at radius 1 is 0.966 bits per heavy atom. The lowest BCUT2D eigenvalue weighted by molar-refractivity contribution is -0.115. The summed E-state index contributed by atoms with van der Waals surface area (Å²) in [6.07, 6.45) is 1.86. The summed E-state index contributed by atoms with van der Waals surface area (Å²) in [5, 5.41) is 3.40. The Morgan fingerprint density at radius 3 is 2.41 bits per heavy atom. The normalized spacial score (nSPS) is 16.2. The van der Waals surface area contributed by atoms with Crippen LogP contribution in [0.3, 0.4) is 0 Å². The van der Waals surface area contributed by atoms with Crippen molar-refractivity contribution in [3.63, 3.8) is 0 Å². The average Bonchev–Trinajstić information content (AvgIpc) is 3.08. The molecular weight excluding hydrogens is 380 g/mol. The molecule has 1 aliphatic rings. The molecule has 3 aromatic rings. The maximum Gasteiger partial charge on any atom is 0.264 e. The predicted molar refractivity (Wildman–Crippen MR) is 119 cm³/mol. The van der Waals surface area contributed by atoms with E-state index in [1.54, 1.807) is 0 Å². The molecule has 0 atom stereocenters. The van der Waals surface area contributed by atoms with Gasteiger partial charge in [0.05, 0.1) is 10.6 Å². The number of carbonyl (C=O) groups is 1. The first-order valence-electron chi connectivity index (χ1n) is 9.29. The molecule has 0 spiro atoms. The SMILES string of the molecule is Cc1ccc(COc2ccc(/C=C3/SC(=Nc4ccccc4)NC3=O)cc2)cc1. The maximum atomic E-state index is 12.2. The number of amidine groups is 1. The average molecular weight is 401 g/mol.